The van der Waals surface area contributed by atoms with Crippen molar-refractivity contribution in [1.29, 1.82) is 0 Å². The molecule has 1 aliphatic rings. The summed E-state index contributed by atoms with van der Waals surface area (Å²) in [4.78, 5) is 25.9. The van der Waals surface area contributed by atoms with Gasteiger partial charge in [-0.05, 0) is 49.2 Å². The molecule has 2 amide bonds. The second-order valence-electron chi connectivity index (χ2n) is 6.71. The molecule has 5 N–H and O–H groups in total. The summed E-state index contributed by atoms with van der Waals surface area (Å²) in [6.07, 6.45) is 1.86. The van der Waals surface area contributed by atoms with Crippen LogP contribution < -0.4 is 16.8 Å². The normalized spacial score (nSPS) is 17.6. The zero-order valence-corrected chi connectivity index (χ0v) is 14.7. The number of nitrogens with zero attached hydrogens (tertiary/aromatic N) is 1. The summed E-state index contributed by atoms with van der Waals surface area (Å²) in [6.45, 7) is 2.44. The maximum absolute atomic E-state index is 12.3. The molecule has 6 nitrogen and oxygen atoms in total. The Bertz CT molecular complexity index is 789. The number of benzene rings is 2. The van der Waals surface area contributed by atoms with Crippen LogP contribution in [0.5, 0.6) is 0 Å². The maximum atomic E-state index is 12.3. The predicted molar refractivity (Wildman–Crippen MR) is 102 cm³/mol. The van der Waals surface area contributed by atoms with E-state index in [1.807, 2.05) is 24.3 Å². The van der Waals surface area contributed by atoms with E-state index in [0.717, 1.165) is 37.2 Å². The van der Waals surface area contributed by atoms with Crippen LogP contribution in [0, 0.1) is 5.92 Å². The molecule has 136 valence electrons. The third-order valence-electron chi connectivity index (χ3n) is 4.73. The number of likely N-dealkylation sites (tertiary alicyclic amines) is 1. The minimum atomic E-state index is -0.226. The van der Waals surface area contributed by atoms with E-state index in [-0.39, 0.29) is 17.7 Å². The molecule has 26 heavy (non-hydrogen) atoms. The SMILES string of the molecule is NC(=O)C1CCCN(Cc2ccc(NC(=O)c3ccccc3N)cc2)C1. The monoisotopic (exact) mass is 352 g/mol. The largest absolute Gasteiger partial charge is 0.398 e. The van der Waals surface area contributed by atoms with Crippen LogP contribution in [-0.2, 0) is 11.3 Å². The number of rotatable bonds is 5. The number of para-hydroxylation sites is 1. The molecule has 1 atom stereocenters. The molecule has 0 aliphatic carbocycles. The van der Waals surface area contributed by atoms with E-state index in [1.54, 1.807) is 24.3 Å². The smallest absolute Gasteiger partial charge is 0.257 e. The summed E-state index contributed by atoms with van der Waals surface area (Å²) < 4.78 is 0. The van der Waals surface area contributed by atoms with E-state index in [4.69, 9.17) is 11.5 Å². The van der Waals surface area contributed by atoms with Gasteiger partial charge in [-0.2, -0.15) is 0 Å². The molecule has 0 spiro atoms. The average Bonchev–Trinajstić information content (AvgIpc) is 2.64. The van der Waals surface area contributed by atoms with Crippen molar-refractivity contribution in [2.45, 2.75) is 19.4 Å². The van der Waals surface area contributed by atoms with Crippen molar-refractivity contribution >= 4 is 23.2 Å². The Morgan fingerprint density at radius 2 is 1.85 bits per heavy atom. The van der Waals surface area contributed by atoms with Crippen molar-refractivity contribution in [2.24, 2.45) is 11.7 Å². The van der Waals surface area contributed by atoms with Crippen molar-refractivity contribution in [2.75, 3.05) is 24.1 Å². The quantitative estimate of drug-likeness (QED) is 0.718. The summed E-state index contributed by atoms with van der Waals surface area (Å²) in [7, 11) is 0. The highest BCUT2D eigenvalue weighted by atomic mass is 16.2. The summed E-state index contributed by atoms with van der Waals surface area (Å²) >= 11 is 0. The van der Waals surface area contributed by atoms with Gasteiger partial charge in [0, 0.05) is 24.5 Å². The van der Waals surface area contributed by atoms with E-state index in [9.17, 15) is 9.59 Å². The fraction of sp³-hybridized carbons (Fsp3) is 0.300. The van der Waals surface area contributed by atoms with Crippen LogP contribution in [0.3, 0.4) is 0 Å². The summed E-state index contributed by atoms with van der Waals surface area (Å²) in [5, 5.41) is 2.86. The molecule has 6 heteroatoms. The highest BCUT2D eigenvalue weighted by molar-refractivity contribution is 6.07. The number of nitrogens with two attached hydrogens (primary N) is 2. The Morgan fingerprint density at radius 3 is 2.54 bits per heavy atom. The Balaban J connectivity index is 1.59. The van der Waals surface area contributed by atoms with Crippen LogP contribution in [0.4, 0.5) is 11.4 Å². The van der Waals surface area contributed by atoms with Crippen molar-refractivity contribution in [3.05, 3.63) is 59.7 Å². The highest BCUT2D eigenvalue weighted by Gasteiger charge is 2.23. The summed E-state index contributed by atoms with van der Waals surface area (Å²) in [6, 6.07) is 14.7. The van der Waals surface area contributed by atoms with Gasteiger partial charge in [0.25, 0.3) is 5.91 Å². The van der Waals surface area contributed by atoms with Gasteiger partial charge in [0.2, 0.25) is 5.91 Å². The van der Waals surface area contributed by atoms with E-state index in [0.29, 0.717) is 17.8 Å². The number of nitrogen functional groups attached to an aromatic ring is 1. The fourth-order valence-electron chi connectivity index (χ4n) is 3.29. The lowest BCUT2D eigenvalue weighted by atomic mass is 9.97. The number of amides is 2. The first-order valence-electron chi connectivity index (χ1n) is 8.79. The molecule has 0 bridgehead atoms. The van der Waals surface area contributed by atoms with Crippen molar-refractivity contribution < 1.29 is 9.59 Å². The van der Waals surface area contributed by atoms with Gasteiger partial charge in [-0.3, -0.25) is 14.5 Å². The van der Waals surface area contributed by atoms with Gasteiger partial charge in [-0.15, -0.1) is 0 Å². The van der Waals surface area contributed by atoms with Gasteiger partial charge in [0.05, 0.1) is 11.5 Å². The zero-order chi connectivity index (χ0) is 18.5. The fourth-order valence-corrected chi connectivity index (χ4v) is 3.29. The summed E-state index contributed by atoms with van der Waals surface area (Å²) in [5.74, 6) is -0.497. The van der Waals surface area contributed by atoms with Gasteiger partial charge in [-0.25, -0.2) is 0 Å². The molecule has 3 rings (SSSR count). The number of nitrogens with one attached hydrogen (secondary N) is 1. The molecular weight excluding hydrogens is 328 g/mol. The Labute approximate surface area is 153 Å². The van der Waals surface area contributed by atoms with Gasteiger partial charge < -0.3 is 16.8 Å². The zero-order valence-electron chi connectivity index (χ0n) is 14.7. The van der Waals surface area contributed by atoms with Crippen LogP contribution in [0.2, 0.25) is 0 Å². The first kappa shape index (κ1) is 17.9. The van der Waals surface area contributed by atoms with Crippen molar-refractivity contribution in [3.8, 4) is 0 Å². The van der Waals surface area contributed by atoms with Crippen LogP contribution in [0.25, 0.3) is 0 Å². The van der Waals surface area contributed by atoms with Crippen LogP contribution in [0.1, 0.15) is 28.8 Å². The highest BCUT2D eigenvalue weighted by Crippen LogP contribution is 2.20. The molecule has 0 saturated carbocycles. The second-order valence-corrected chi connectivity index (χ2v) is 6.71. The maximum Gasteiger partial charge on any atom is 0.257 e. The molecule has 1 aliphatic heterocycles. The Kier molecular flexibility index (Phi) is 5.53. The van der Waals surface area contributed by atoms with Crippen LogP contribution in [-0.4, -0.2) is 29.8 Å². The van der Waals surface area contributed by atoms with Gasteiger partial charge in [0.15, 0.2) is 0 Å². The first-order chi connectivity index (χ1) is 12.5. The van der Waals surface area contributed by atoms with Gasteiger partial charge >= 0.3 is 0 Å². The number of carbonyl (C=O) groups excluding carboxylic acids is 2. The van der Waals surface area contributed by atoms with Gasteiger partial charge in [0.1, 0.15) is 0 Å². The number of hydrogen-bond acceptors (Lipinski definition) is 4. The lowest BCUT2D eigenvalue weighted by Crippen LogP contribution is -2.40. The number of piperidine rings is 1. The molecule has 0 radical (unpaired) electrons. The molecule has 1 saturated heterocycles. The second kappa shape index (κ2) is 8.01. The van der Waals surface area contributed by atoms with Gasteiger partial charge in [-0.1, -0.05) is 24.3 Å². The van der Waals surface area contributed by atoms with E-state index in [2.05, 4.69) is 10.2 Å². The number of primary amides is 1. The van der Waals surface area contributed by atoms with E-state index < -0.39 is 0 Å². The topological polar surface area (TPSA) is 101 Å². The lowest BCUT2D eigenvalue weighted by Gasteiger charge is -2.31. The molecular formula is C20H24N4O2. The standard InChI is InChI=1S/C20H24N4O2/c21-18-6-2-1-5-17(18)20(26)23-16-9-7-14(8-10-16)12-24-11-3-4-15(13-24)19(22)25/h1-2,5-10,15H,3-4,11-13,21H2,(H2,22,25)(H,23,26). The molecule has 2 aromatic rings. The van der Waals surface area contributed by atoms with Crippen LogP contribution in [0.15, 0.2) is 48.5 Å². The molecule has 1 heterocycles. The number of hydrogen-bond donors (Lipinski definition) is 3. The van der Waals surface area contributed by atoms with E-state index in [1.165, 1.54) is 0 Å². The lowest BCUT2D eigenvalue weighted by molar-refractivity contribution is -0.123. The molecule has 1 unspecified atom stereocenters. The third kappa shape index (κ3) is 4.40. The number of anilines is 2. The Morgan fingerprint density at radius 1 is 1.12 bits per heavy atom. The minimum Gasteiger partial charge on any atom is -0.398 e. The Hall–Kier alpha value is -2.86. The third-order valence-corrected chi connectivity index (χ3v) is 4.73. The minimum absolute atomic E-state index is 0.0568. The van der Waals surface area contributed by atoms with E-state index >= 15 is 0 Å². The van der Waals surface area contributed by atoms with Crippen molar-refractivity contribution in [1.82, 2.24) is 4.90 Å². The molecule has 1 fully saturated rings. The van der Waals surface area contributed by atoms with Crippen LogP contribution >= 0.6 is 0 Å². The van der Waals surface area contributed by atoms with Crippen molar-refractivity contribution in [3.63, 3.8) is 0 Å². The average molecular weight is 352 g/mol. The summed E-state index contributed by atoms with van der Waals surface area (Å²) in [5.41, 5.74) is 14.0. The number of carbonyl (C=O) groups is 2. The molecule has 0 aromatic heterocycles. The first-order valence-corrected chi connectivity index (χ1v) is 8.79. The predicted octanol–water partition coefficient (Wildman–Crippen LogP) is 2.22. The molecule has 2 aromatic carbocycles.